The van der Waals surface area contributed by atoms with Gasteiger partial charge in [0.2, 0.25) is 0 Å². The molecular formula is C24H20N2O3S2. The monoisotopic (exact) mass is 448 g/mol. The summed E-state index contributed by atoms with van der Waals surface area (Å²) in [5.74, 6) is -0.0444. The third-order valence-electron chi connectivity index (χ3n) is 4.45. The zero-order valence-electron chi connectivity index (χ0n) is 16.5. The average Bonchev–Trinajstić information content (AvgIpc) is 2.81. The second kappa shape index (κ2) is 10.3. The number of carboxylic acids is 1. The first-order valence-electron chi connectivity index (χ1n) is 9.65. The van der Waals surface area contributed by atoms with Crippen LogP contribution in [-0.4, -0.2) is 26.8 Å². The van der Waals surface area contributed by atoms with Crippen LogP contribution in [-0.2, 0) is 11.4 Å². The van der Waals surface area contributed by atoms with E-state index in [-0.39, 0.29) is 10.3 Å². The fraction of sp³-hybridized carbons (Fsp3) is 0.125. The van der Waals surface area contributed by atoms with Crippen molar-refractivity contribution < 1.29 is 14.6 Å². The first kappa shape index (κ1) is 21.2. The molecule has 2 heterocycles. The van der Waals surface area contributed by atoms with Crippen molar-refractivity contribution in [2.45, 2.75) is 16.1 Å². The van der Waals surface area contributed by atoms with E-state index >= 15 is 0 Å². The molecule has 5 nitrogen and oxygen atoms in total. The highest BCUT2D eigenvalue weighted by Gasteiger charge is 2.16. The Balaban J connectivity index is 1.43. The number of para-hydroxylation sites is 1. The Morgan fingerprint density at radius 1 is 0.968 bits per heavy atom. The third-order valence-corrected chi connectivity index (χ3v) is 7.16. The Morgan fingerprint density at radius 2 is 1.74 bits per heavy atom. The number of hydrogen-bond donors (Lipinski definition) is 1. The molecule has 2 aromatic heterocycles. The van der Waals surface area contributed by atoms with E-state index in [0.29, 0.717) is 6.61 Å². The van der Waals surface area contributed by atoms with Crippen molar-refractivity contribution in [1.82, 2.24) is 9.97 Å². The number of hydrogen-bond acceptors (Lipinski definition) is 6. The van der Waals surface area contributed by atoms with Gasteiger partial charge in [-0.2, -0.15) is 0 Å². The number of aromatic nitrogens is 2. The fourth-order valence-electron chi connectivity index (χ4n) is 2.95. The van der Waals surface area contributed by atoms with Crippen molar-refractivity contribution in [3.63, 3.8) is 0 Å². The normalized spacial score (nSPS) is 11.9. The minimum atomic E-state index is -0.826. The van der Waals surface area contributed by atoms with E-state index in [0.717, 1.165) is 32.8 Å². The maximum Gasteiger partial charge on any atom is 0.313 e. The number of thioether (sulfide) groups is 2. The second-order valence-electron chi connectivity index (χ2n) is 6.69. The highest BCUT2D eigenvalue weighted by Crippen LogP contribution is 2.43. The number of carbonyl (C=O) groups is 1. The molecule has 0 spiro atoms. The van der Waals surface area contributed by atoms with Gasteiger partial charge in [-0.25, -0.2) is 4.98 Å². The van der Waals surface area contributed by atoms with Gasteiger partial charge in [-0.15, -0.1) is 23.5 Å². The molecule has 156 valence electrons. The number of rotatable bonds is 9. The molecular weight excluding hydrogens is 428 g/mol. The molecule has 0 aliphatic heterocycles. The van der Waals surface area contributed by atoms with Gasteiger partial charge in [0.05, 0.1) is 21.5 Å². The van der Waals surface area contributed by atoms with Crippen molar-refractivity contribution in [1.29, 1.82) is 0 Å². The van der Waals surface area contributed by atoms with Gasteiger partial charge < -0.3 is 9.84 Å². The van der Waals surface area contributed by atoms with Crippen LogP contribution in [0.25, 0.3) is 10.9 Å². The molecule has 4 rings (SSSR count). The van der Waals surface area contributed by atoms with E-state index in [4.69, 9.17) is 9.84 Å². The Hall–Kier alpha value is -3.03. The minimum Gasteiger partial charge on any atom is -0.487 e. The lowest BCUT2D eigenvalue weighted by Crippen LogP contribution is -2.01. The van der Waals surface area contributed by atoms with Gasteiger partial charge in [-0.3, -0.25) is 9.78 Å². The number of fused-ring (bicyclic) bond motifs is 1. The van der Waals surface area contributed by atoms with Gasteiger partial charge in [0, 0.05) is 22.7 Å². The number of aliphatic carboxylic acids is 1. The van der Waals surface area contributed by atoms with Crippen LogP contribution in [0.2, 0.25) is 0 Å². The summed E-state index contributed by atoms with van der Waals surface area (Å²) < 4.78 is 5.87. The molecule has 0 amide bonds. The maximum atomic E-state index is 11.1. The maximum absolute atomic E-state index is 11.1. The number of pyridine rings is 2. The molecule has 0 aliphatic rings. The topological polar surface area (TPSA) is 72.3 Å². The Bertz CT molecular complexity index is 1150. The summed E-state index contributed by atoms with van der Waals surface area (Å²) in [6.07, 6.45) is 3.47. The van der Waals surface area contributed by atoms with Crippen LogP contribution in [0.3, 0.4) is 0 Å². The van der Waals surface area contributed by atoms with Crippen molar-refractivity contribution in [3.05, 3.63) is 96.4 Å². The molecule has 0 fully saturated rings. The first-order chi connectivity index (χ1) is 15.2. The Kier molecular flexibility index (Phi) is 7.07. The molecule has 31 heavy (non-hydrogen) atoms. The molecule has 2 aromatic carbocycles. The van der Waals surface area contributed by atoms with Crippen LogP contribution >= 0.6 is 23.5 Å². The predicted octanol–water partition coefficient (Wildman–Crippen LogP) is 5.82. The largest absolute Gasteiger partial charge is 0.487 e. The SMILES string of the molecule is O=C(O)CSC(Sc1ccncc1)c1ccc(OCc2ccc3ccccc3n2)cc1. The van der Waals surface area contributed by atoms with E-state index in [1.807, 2.05) is 72.8 Å². The highest BCUT2D eigenvalue weighted by atomic mass is 32.2. The molecule has 1 atom stereocenters. The summed E-state index contributed by atoms with van der Waals surface area (Å²) in [7, 11) is 0. The molecule has 1 N–H and O–H groups in total. The van der Waals surface area contributed by atoms with Crippen LogP contribution in [0.5, 0.6) is 5.75 Å². The predicted molar refractivity (Wildman–Crippen MR) is 125 cm³/mol. The summed E-state index contributed by atoms with van der Waals surface area (Å²) in [5, 5.41) is 10.2. The molecule has 1 unspecified atom stereocenters. The zero-order chi connectivity index (χ0) is 21.5. The van der Waals surface area contributed by atoms with E-state index in [1.165, 1.54) is 11.8 Å². The van der Waals surface area contributed by atoms with Crippen LogP contribution in [0.1, 0.15) is 15.8 Å². The smallest absolute Gasteiger partial charge is 0.313 e. The molecule has 0 aliphatic carbocycles. The zero-order valence-corrected chi connectivity index (χ0v) is 18.2. The lowest BCUT2D eigenvalue weighted by Gasteiger charge is -2.16. The van der Waals surface area contributed by atoms with Crippen LogP contribution in [0.4, 0.5) is 0 Å². The van der Waals surface area contributed by atoms with Crippen LogP contribution < -0.4 is 4.74 Å². The standard InChI is InChI=1S/C24H20N2O3S2/c27-23(28)16-30-24(31-21-11-13-25-14-12-21)18-6-9-20(10-7-18)29-15-19-8-5-17-3-1-2-4-22(17)26-19/h1-14,24H,15-16H2,(H,27,28). The number of nitrogens with zero attached hydrogens (tertiary/aromatic N) is 2. The van der Waals surface area contributed by atoms with Gasteiger partial charge in [0.15, 0.2) is 0 Å². The summed E-state index contributed by atoms with van der Waals surface area (Å²) >= 11 is 3.00. The number of ether oxygens (including phenoxy) is 1. The number of benzene rings is 2. The van der Waals surface area contributed by atoms with Gasteiger partial charge in [0.25, 0.3) is 0 Å². The van der Waals surface area contributed by atoms with E-state index < -0.39 is 5.97 Å². The summed E-state index contributed by atoms with van der Waals surface area (Å²) in [6, 6.07) is 23.7. The Labute approximate surface area is 188 Å². The molecule has 7 heteroatoms. The van der Waals surface area contributed by atoms with E-state index in [9.17, 15) is 4.79 Å². The van der Waals surface area contributed by atoms with Gasteiger partial charge in [-0.05, 0) is 42.0 Å². The molecule has 0 saturated carbocycles. The quantitative estimate of drug-likeness (QED) is 0.256. The molecule has 0 radical (unpaired) electrons. The van der Waals surface area contributed by atoms with Gasteiger partial charge >= 0.3 is 5.97 Å². The summed E-state index contributed by atoms with van der Waals surface area (Å²) in [4.78, 5) is 20.8. The lowest BCUT2D eigenvalue weighted by molar-refractivity contribution is -0.133. The van der Waals surface area contributed by atoms with Crippen molar-refractivity contribution in [2.24, 2.45) is 0 Å². The van der Waals surface area contributed by atoms with Gasteiger partial charge in [-0.1, -0.05) is 36.4 Å². The van der Waals surface area contributed by atoms with E-state index in [2.05, 4.69) is 9.97 Å². The third kappa shape index (κ3) is 5.99. The average molecular weight is 449 g/mol. The Morgan fingerprint density at radius 3 is 2.52 bits per heavy atom. The fourth-order valence-corrected chi connectivity index (χ4v) is 5.23. The first-order valence-corrected chi connectivity index (χ1v) is 11.6. The van der Waals surface area contributed by atoms with Crippen molar-refractivity contribution in [2.75, 3.05) is 5.75 Å². The summed E-state index contributed by atoms with van der Waals surface area (Å²) in [5.41, 5.74) is 2.85. The number of carboxylic acid groups (broad SMARTS) is 1. The minimum absolute atomic E-state index is 0.0363. The molecule has 0 saturated heterocycles. The molecule has 4 aromatic rings. The lowest BCUT2D eigenvalue weighted by atomic mass is 10.2. The van der Waals surface area contributed by atoms with Gasteiger partial charge in [0.1, 0.15) is 12.4 Å². The van der Waals surface area contributed by atoms with E-state index in [1.54, 1.807) is 24.2 Å². The summed E-state index contributed by atoms with van der Waals surface area (Å²) in [6.45, 7) is 0.382. The van der Waals surface area contributed by atoms with Crippen molar-refractivity contribution in [3.8, 4) is 5.75 Å². The molecule has 0 bridgehead atoms. The van der Waals surface area contributed by atoms with Crippen LogP contribution in [0.15, 0.2) is 90.1 Å². The van der Waals surface area contributed by atoms with Crippen LogP contribution in [0, 0.1) is 0 Å². The second-order valence-corrected chi connectivity index (χ2v) is 9.26. The van der Waals surface area contributed by atoms with Crippen molar-refractivity contribution >= 4 is 40.4 Å². The highest BCUT2D eigenvalue weighted by molar-refractivity contribution is 8.16.